The zero-order valence-electron chi connectivity index (χ0n) is 12.5. The monoisotopic (exact) mass is 337 g/mol. The molecule has 0 unspecified atom stereocenters. The lowest BCUT2D eigenvalue weighted by Crippen LogP contribution is -2.35. The van der Waals surface area contributed by atoms with Crippen molar-refractivity contribution >= 4 is 23.5 Å². The third-order valence-electron chi connectivity index (χ3n) is 3.18. The Morgan fingerprint density at radius 3 is 2.61 bits per heavy atom. The Bertz CT molecular complexity index is 684. The minimum absolute atomic E-state index is 0.114. The number of hydrogen-bond donors (Lipinski definition) is 1. The maximum atomic E-state index is 12.0. The second-order valence-electron chi connectivity index (χ2n) is 4.82. The van der Waals surface area contributed by atoms with Gasteiger partial charge in [-0.3, -0.25) is 9.59 Å². The highest BCUT2D eigenvalue weighted by atomic mass is 35.5. The van der Waals surface area contributed by atoms with E-state index < -0.39 is 5.97 Å². The third-order valence-corrected chi connectivity index (χ3v) is 3.44. The minimum Gasteiger partial charge on any atom is -0.480 e. The molecular weight excluding hydrogens is 322 g/mol. The molecule has 0 saturated heterocycles. The number of aryl methyl sites for hydroxylation is 1. The van der Waals surface area contributed by atoms with E-state index >= 15 is 0 Å². The van der Waals surface area contributed by atoms with E-state index in [0.29, 0.717) is 23.3 Å². The molecule has 0 atom stereocenters. The zero-order valence-corrected chi connectivity index (χ0v) is 13.3. The third kappa shape index (κ3) is 4.79. The predicted molar refractivity (Wildman–Crippen MR) is 83.0 cm³/mol. The molecule has 0 fully saturated rings. The lowest BCUT2D eigenvalue weighted by Gasteiger charge is -2.17. The van der Waals surface area contributed by atoms with Crippen molar-refractivity contribution in [2.45, 2.75) is 19.8 Å². The number of amides is 1. The number of halogens is 1. The molecule has 122 valence electrons. The molecule has 0 bridgehead atoms. The van der Waals surface area contributed by atoms with E-state index in [-0.39, 0.29) is 25.3 Å². The van der Waals surface area contributed by atoms with E-state index in [2.05, 4.69) is 10.1 Å². The molecule has 1 aromatic carbocycles. The summed E-state index contributed by atoms with van der Waals surface area (Å²) in [4.78, 5) is 28.1. The quantitative estimate of drug-likeness (QED) is 0.832. The van der Waals surface area contributed by atoms with Gasteiger partial charge in [-0.05, 0) is 31.2 Å². The smallest absolute Gasteiger partial charge is 0.323 e. The average Bonchev–Trinajstić information content (AvgIpc) is 2.99. The van der Waals surface area contributed by atoms with Crippen LogP contribution < -0.4 is 0 Å². The fourth-order valence-electron chi connectivity index (χ4n) is 1.98. The van der Waals surface area contributed by atoms with Gasteiger partial charge in [0.05, 0.1) is 0 Å². The fourth-order valence-corrected chi connectivity index (χ4v) is 2.11. The second kappa shape index (κ2) is 7.73. The van der Waals surface area contributed by atoms with Crippen LogP contribution in [0.2, 0.25) is 5.02 Å². The van der Waals surface area contributed by atoms with Crippen molar-refractivity contribution in [3.63, 3.8) is 0 Å². The Balaban J connectivity index is 1.95. The molecule has 2 aromatic rings. The normalized spacial score (nSPS) is 10.5. The first-order valence-corrected chi connectivity index (χ1v) is 7.45. The van der Waals surface area contributed by atoms with Gasteiger partial charge in [0.25, 0.3) is 0 Å². The lowest BCUT2D eigenvalue weighted by molar-refractivity contribution is -0.144. The van der Waals surface area contributed by atoms with Crippen molar-refractivity contribution in [1.82, 2.24) is 15.0 Å². The van der Waals surface area contributed by atoms with Crippen molar-refractivity contribution < 1.29 is 19.2 Å². The average molecular weight is 338 g/mol. The molecule has 7 nitrogen and oxygen atoms in total. The highest BCUT2D eigenvalue weighted by molar-refractivity contribution is 6.30. The Kier molecular flexibility index (Phi) is 5.70. The number of aromatic nitrogens is 2. The van der Waals surface area contributed by atoms with Crippen LogP contribution >= 0.6 is 11.6 Å². The van der Waals surface area contributed by atoms with Crippen molar-refractivity contribution in [1.29, 1.82) is 0 Å². The van der Waals surface area contributed by atoms with Crippen LogP contribution in [0, 0.1) is 0 Å². The largest absolute Gasteiger partial charge is 0.480 e. The van der Waals surface area contributed by atoms with Crippen molar-refractivity contribution in [3.05, 3.63) is 35.2 Å². The van der Waals surface area contributed by atoms with Crippen molar-refractivity contribution in [2.75, 3.05) is 13.1 Å². The van der Waals surface area contributed by atoms with E-state index in [1.807, 2.05) is 0 Å². The number of carbonyl (C=O) groups is 2. The molecule has 0 aliphatic rings. The van der Waals surface area contributed by atoms with Gasteiger partial charge in [0.1, 0.15) is 6.54 Å². The van der Waals surface area contributed by atoms with Gasteiger partial charge in [-0.2, -0.15) is 4.98 Å². The van der Waals surface area contributed by atoms with Gasteiger partial charge < -0.3 is 14.5 Å². The summed E-state index contributed by atoms with van der Waals surface area (Å²) in [6.45, 7) is 1.76. The topological polar surface area (TPSA) is 96.5 Å². The molecule has 0 radical (unpaired) electrons. The predicted octanol–water partition coefficient (Wildman–Crippen LogP) is 2.26. The molecule has 0 aliphatic carbocycles. The van der Waals surface area contributed by atoms with Gasteiger partial charge in [-0.25, -0.2) is 0 Å². The lowest BCUT2D eigenvalue weighted by atomic mass is 10.2. The molecular formula is C15H16ClN3O4. The number of rotatable bonds is 7. The van der Waals surface area contributed by atoms with Crippen LogP contribution in [0.3, 0.4) is 0 Å². The standard InChI is InChI=1S/C15H16ClN3O4/c1-2-19(9-14(21)22)13(20)8-7-12-17-15(18-23-12)10-3-5-11(16)6-4-10/h3-6H,2,7-9H2,1H3,(H,21,22). The van der Waals surface area contributed by atoms with Gasteiger partial charge in [-0.1, -0.05) is 16.8 Å². The summed E-state index contributed by atoms with van der Waals surface area (Å²) in [6, 6.07) is 6.99. The summed E-state index contributed by atoms with van der Waals surface area (Å²) in [7, 11) is 0. The maximum absolute atomic E-state index is 12.0. The number of aliphatic carboxylic acids is 1. The van der Waals surface area contributed by atoms with E-state index in [1.54, 1.807) is 31.2 Å². The minimum atomic E-state index is -1.04. The number of nitrogens with zero attached hydrogens (tertiary/aromatic N) is 3. The molecule has 1 N–H and O–H groups in total. The zero-order chi connectivity index (χ0) is 16.8. The summed E-state index contributed by atoms with van der Waals surface area (Å²) in [5.41, 5.74) is 0.761. The molecule has 23 heavy (non-hydrogen) atoms. The summed E-state index contributed by atoms with van der Waals surface area (Å²) in [6.07, 6.45) is 0.374. The number of benzene rings is 1. The first kappa shape index (κ1) is 17.0. The fraction of sp³-hybridized carbons (Fsp3) is 0.333. The molecule has 1 amide bonds. The molecule has 1 aromatic heterocycles. The van der Waals surface area contributed by atoms with Crippen LogP contribution in [0.4, 0.5) is 0 Å². The van der Waals surface area contributed by atoms with Gasteiger partial charge in [0, 0.05) is 30.0 Å². The summed E-state index contributed by atoms with van der Waals surface area (Å²) in [5, 5.41) is 13.2. The highest BCUT2D eigenvalue weighted by Gasteiger charge is 2.16. The van der Waals surface area contributed by atoms with Crippen molar-refractivity contribution in [2.24, 2.45) is 0 Å². The van der Waals surface area contributed by atoms with Crippen LogP contribution in [-0.4, -0.2) is 45.1 Å². The number of carbonyl (C=O) groups excluding carboxylic acids is 1. The van der Waals surface area contributed by atoms with E-state index in [4.69, 9.17) is 21.2 Å². The Morgan fingerprint density at radius 1 is 1.30 bits per heavy atom. The summed E-state index contributed by atoms with van der Waals surface area (Å²) in [5.74, 6) is -0.555. The van der Waals surface area contributed by atoms with E-state index in [1.165, 1.54) is 4.90 Å². The van der Waals surface area contributed by atoms with Gasteiger partial charge in [0.15, 0.2) is 0 Å². The summed E-state index contributed by atoms with van der Waals surface area (Å²) < 4.78 is 5.11. The van der Waals surface area contributed by atoms with Crippen LogP contribution in [0.5, 0.6) is 0 Å². The molecule has 0 spiro atoms. The first-order valence-electron chi connectivity index (χ1n) is 7.07. The number of likely N-dealkylation sites (N-methyl/N-ethyl adjacent to an activating group) is 1. The van der Waals surface area contributed by atoms with Crippen LogP contribution in [0.1, 0.15) is 19.2 Å². The molecule has 0 aliphatic heterocycles. The van der Waals surface area contributed by atoms with Crippen LogP contribution in [0.25, 0.3) is 11.4 Å². The maximum Gasteiger partial charge on any atom is 0.323 e. The Labute approximate surface area is 137 Å². The molecule has 8 heteroatoms. The van der Waals surface area contributed by atoms with Gasteiger partial charge in [0.2, 0.25) is 17.6 Å². The number of hydrogen-bond acceptors (Lipinski definition) is 5. The number of carboxylic acid groups (broad SMARTS) is 1. The van der Waals surface area contributed by atoms with Gasteiger partial charge in [-0.15, -0.1) is 0 Å². The van der Waals surface area contributed by atoms with Crippen LogP contribution in [0.15, 0.2) is 28.8 Å². The van der Waals surface area contributed by atoms with E-state index in [9.17, 15) is 9.59 Å². The van der Waals surface area contributed by atoms with Crippen LogP contribution in [-0.2, 0) is 16.0 Å². The Morgan fingerprint density at radius 2 is 2.00 bits per heavy atom. The number of carboxylic acids is 1. The molecule has 2 rings (SSSR count). The first-order chi connectivity index (χ1) is 11.0. The van der Waals surface area contributed by atoms with Gasteiger partial charge >= 0.3 is 5.97 Å². The van der Waals surface area contributed by atoms with Crippen molar-refractivity contribution in [3.8, 4) is 11.4 Å². The summed E-state index contributed by atoms with van der Waals surface area (Å²) >= 11 is 5.82. The molecule has 0 saturated carbocycles. The van der Waals surface area contributed by atoms with E-state index in [0.717, 1.165) is 5.56 Å². The second-order valence-corrected chi connectivity index (χ2v) is 5.26. The Hall–Kier alpha value is -2.41. The SMILES string of the molecule is CCN(CC(=O)O)C(=O)CCc1nc(-c2ccc(Cl)cc2)no1. The molecule has 1 heterocycles. The highest BCUT2D eigenvalue weighted by Crippen LogP contribution is 2.19.